The van der Waals surface area contributed by atoms with Gasteiger partial charge in [-0.05, 0) is 24.3 Å². The zero-order valence-corrected chi connectivity index (χ0v) is 9.04. The molecule has 0 radical (unpaired) electrons. The summed E-state index contributed by atoms with van der Waals surface area (Å²) in [5.41, 5.74) is -0.800. The van der Waals surface area contributed by atoms with Crippen LogP contribution in [0.25, 0.3) is 0 Å². The second-order valence-corrected chi connectivity index (χ2v) is 4.72. The van der Waals surface area contributed by atoms with Gasteiger partial charge in [-0.2, -0.15) is 0 Å². The summed E-state index contributed by atoms with van der Waals surface area (Å²) in [7, 11) is 0. The molecule has 1 rings (SSSR count). The van der Waals surface area contributed by atoms with Crippen molar-refractivity contribution in [3.8, 4) is 0 Å². The van der Waals surface area contributed by atoms with E-state index in [1.807, 2.05) is 25.3 Å². The average molecular weight is 205 g/mol. The standard InChI is InChI=1S/C9H13ClOS/c1-6(2)9(3,11)8-7(10)4-5-12-8/h4-6,11H,1-3H3. The first kappa shape index (κ1) is 10.0. The zero-order valence-electron chi connectivity index (χ0n) is 7.47. The summed E-state index contributed by atoms with van der Waals surface area (Å²) in [5.74, 6) is 0.175. The number of hydrogen-bond donors (Lipinski definition) is 1. The fraction of sp³-hybridized carbons (Fsp3) is 0.556. The predicted molar refractivity (Wildman–Crippen MR) is 53.7 cm³/mol. The molecule has 0 fully saturated rings. The molecule has 0 saturated heterocycles. The molecule has 3 heteroatoms. The molecule has 0 aliphatic carbocycles. The Morgan fingerprint density at radius 1 is 1.58 bits per heavy atom. The van der Waals surface area contributed by atoms with E-state index < -0.39 is 5.60 Å². The molecule has 1 heterocycles. The number of hydrogen-bond acceptors (Lipinski definition) is 2. The highest BCUT2D eigenvalue weighted by Gasteiger charge is 2.30. The molecule has 1 unspecified atom stereocenters. The molecule has 0 aliphatic rings. The molecular formula is C9H13ClOS. The third kappa shape index (κ3) is 1.65. The molecule has 12 heavy (non-hydrogen) atoms. The minimum Gasteiger partial charge on any atom is -0.384 e. The smallest absolute Gasteiger partial charge is 0.0997 e. The summed E-state index contributed by atoms with van der Waals surface area (Å²) >= 11 is 7.42. The van der Waals surface area contributed by atoms with E-state index in [-0.39, 0.29) is 5.92 Å². The first-order valence-electron chi connectivity index (χ1n) is 3.92. The van der Waals surface area contributed by atoms with Gasteiger partial charge >= 0.3 is 0 Å². The molecule has 1 atom stereocenters. The van der Waals surface area contributed by atoms with E-state index in [1.165, 1.54) is 11.3 Å². The maximum Gasteiger partial charge on any atom is 0.0997 e. The molecule has 1 N–H and O–H groups in total. The normalized spacial score (nSPS) is 16.5. The summed E-state index contributed by atoms with van der Waals surface area (Å²) in [6.07, 6.45) is 0. The van der Waals surface area contributed by atoms with E-state index in [1.54, 1.807) is 6.92 Å². The van der Waals surface area contributed by atoms with Gasteiger partial charge in [-0.1, -0.05) is 25.4 Å². The SMILES string of the molecule is CC(C)C(C)(O)c1sccc1Cl. The Hall–Kier alpha value is -0.0500. The van der Waals surface area contributed by atoms with Crippen LogP contribution in [-0.4, -0.2) is 5.11 Å². The van der Waals surface area contributed by atoms with Gasteiger partial charge in [-0.3, -0.25) is 0 Å². The third-order valence-corrected chi connectivity index (χ3v) is 3.77. The van der Waals surface area contributed by atoms with Crippen LogP contribution in [0.5, 0.6) is 0 Å². The number of thiophene rings is 1. The summed E-state index contributed by atoms with van der Waals surface area (Å²) in [6.45, 7) is 5.77. The average Bonchev–Trinajstić information content (AvgIpc) is 2.35. The Balaban J connectivity index is 3.05. The summed E-state index contributed by atoms with van der Waals surface area (Å²) in [6, 6.07) is 1.82. The zero-order chi connectivity index (χ0) is 9.35. The first-order valence-corrected chi connectivity index (χ1v) is 5.18. The lowest BCUT2D eigenvalue weighted by Crippen LogP contribution is -2.26. The summed E-state index contributed by atoms with van der Waals surface area (Å²) in [5, 5.41) is 12.6. The first-order chi connectivity index (χ1) is 5.46. The predicted octanol–water partition coefficient (Wildman–Crippen LogP) is 3.27. The van der Waals surface area contributed by atoms with Crippen LogP contribution in [0.15, 0.2) is 11.4 Å². The van der Waals surface area contributed by atoms with Crippen molar-refractivity contribution in [3.63, 3.8) is 0 Å². The Bertz CT molecular complexity index is 265. The van der Waals surface area contributed by atoms with Crippen molar-refractivity contribution in [3.05, 3.63) is 21.3 Å². The van der Waals surface area contributed by atoms with Crippen LogP contribution in [0.4, 0.5) is 0 Å². The van der Waals surface area contributed by atoms with Crippen LogP contribution in [0.2, 0.25) is 5.02 Å². The molecule has 1 nitrogen and oxygen atoms in total. The minimum absolute atomic E-state index is 0.175. The van der Waals surface area contributed by atoms with Crippen LogP contribution in [-0.2, 0) is 5.60 Å². The molecule has 0 aromatic carbocycles. The molecule has 0 bridgehead atoms. The fourth-order valence-corrected chi connectivity index (χ4v) is 2.37. The molecule has 68 valence electrons. The maximum atomic E-state index is 10.1. The van der Waals surface area contributed by atoms with Crippen molar-refractivity contribution in [1.29, 1.82) is 0 Å². The van der Waals surface area contributed by atoms with E-state index in [4.69, 9.17) is 11.6 Å². The fourth-order valence-electron chi connectivity index (χ4n) is 0.917. The van der Waals surface area contributed by atoms with Gasteiger partial charge in [-0.25, -0.2) is 0 Å². The van der Waals surface area contributed by atoms with Crippen LogP contribution >= 0.6 is 22.9 Å². The van der Waals surface area contributed by atoms with Crippen molar-refractivity contribution in [1.82, 2.24) is 0 Å². The van der Waals surface area contributed by atoms with E-state index in [2.05, 4.69) is 0 Å². The molecule has 0 aliphatic heterocycles. The van der Waals surface area contributed by atoms with E-state index >= 15 is 0 Å². The Morgan fingerprint density at radius 2 is 2.17 bits per heavy atom. The molecule has 0 saturated carbocycles. The number of halogens is 1. The Morgan fingerprint density at radius 3 is 2.50 bits per heavy atom. The lowest BCUT2D eigenvalue weighted by molar-refractivity contribution is 0.0127. The number of rotatable bonds is 2. The van der Waals surface area contributed by atoms with Crippen LogP contribution in [0.1, 0.15) is 25.6 Å². The summed E-state index contributed by atoms with van der Waals surface area (Å²) in [4.78, 5) is 0.860. The lowest BCUT2D eigenvalue weighted by Gasteiger charge is -2.26. The molecular weight excluding hydrogens is 192 g/mol. The van der Waals surface area contributed by atoms with Crippen molar-refractivity contribution in [2.45, 2.75) is 26.4 Å². The van der Waals surface area contributed by atoms with Gasteiger partial charge in [0, 0.05) is 0 Å². The topological polar surface area (TPSA) is 20.2 Å². The highest BCUT2D eigenvalue weighted by Crippen LogP contribution is 2.37. The minimum atomic E-state index is -0.800. The van der Waals surface area contributed by atoms with Crippen molar-refractivity contribution in [2.24, 2.45) is 5.92 Å². The highest BCUT2D eigenvalue weighted by molar-refractivity contribution is 7.10. The van der Waals surface area contributed by atoms with Gasteiger partial charge in [-0.15, -0.1) is 11.3 Å². The van der Waals surface area contributed by atoms with Gasteiger partial charge < -0.3 is 5.11 Å². The Kier molecular flexibility index (Phi) is 2.81. The second-order valence-electron chi connectivity index (χ2n) is 3.40. The maximum absolute atomic E-state index is 10.1. The van der Waals surface area contributed by atoms with Crippen molar-refractivity contribution in [2.75, 3.05) is 0 Å². The summed E-state index contributed by atoms with van der Waals surface area (Å²) < 4.78 is 0. The van der Waals surface area contributed by atoms with Gasteiger partial charge in [0.25, 0.3) is 0 Å². The van der Waals surface area contributed by atoms with Gasteiger partial charge in [0.05, 0.1) is 15.5 Å². The van der Waals surface area contributed by atoms with Gasteiger partial charge in [0.2, 0.25) is 0 Å². The van der Waals surface area contributed by atoms with E-state index in [0.717, 1.165) is 4.88 Å². The quantitative estimate of drug-likeness (QED) is 0.784. The van der Waals surface area contributed by atoms with Gasteiger partial charge in [0.15, 0.2) is 0 Å². The molecule has 0 spiro atoms. The number of aliphatic hydroxyl groups is 1. The second kappa shape index (κ2) is 3.36. The van der Waals surface area contributed by atoms with Crippen LogP contribution in [0.3, 0.4) is 0 Å². The molecule has 0 amide bonds. The highest BCUT2D eigenvalue weighted by atomic mass is 35.5. The van der Waals surface area contributed by atoms with E-state index in [9.17, 15) is 5.11 Å². The van der Waals surface area contributed by atoms with Crippen molar-refractivity contribution >= 4 is 22.9 Å². The Labute approximate surface area is 82.0 Å². The lowest BCUT2D eigenvalue weighted by atomic mass is 9.91. The van der Waals surface area contributed by atoms with E-state index in [0.29, 0.717) is 5.02 Å². The largest absolute Gasteiger partial charge is 0.384 e. The molecule has 1 aromatic heterocycles. The van der Waals surface area contributed by atoms with Crippen molar-refractivity contribution < 1.29 is 5.11 Å². The monoisotopic (exact) mass is 204 g/mol. The van der Waals surface area contributed by atoms with Crippen LogP contribution in [0, 0.1) is 5.92 Å². The molecule has 1 aromatic rings. The van der Waals surface area contributed by atoms with Crippen LogP contribution < -0.4 is 0 Å². The van der Waals surface area contributed by atoms with Gasteiger partial charge in [0.1, 0.15) is 0 Å². The third-order valence-electron chi connectivity index (χ3n) is 2.20.